The summed E-state index contributed by atoms with van der Waals surface area (Å²) in [5, 5.41) is 0. The Hall–Kier alpha value is -2.98. The molecule has 0 bridgehead atoms. The van der Waals surface area contributed by atoms with E-state index in [2.05, 4.69) is 90.8 Å². The molecule has 3 nitrogen and oxygen atoms in total. The van der Waals surface area contributed by atoms with E-state index < -0.39 is 0 Å². The minimum atomic E-state index is 0.788. The summed E-state index contributed by atoms with van der Waals surface area (Å²) >= 11 is 1.90. The first-order chi connectivity index (χ1) is 15.2. The van der Waals surface area contributed by atoms with Crippen LogP contribution in [0.15, 0.2) is 88.8 Å². The number of anilines is 2. The average molecular weight is 428 g/mol. The van der Waals surface area contributed by atoms with Crippen molar-refractivity contribution in [3.8, 4) is 0 Å². The molecule has 0 fully saturated rings. The van der Waals surface area contributed by atoms with Gasteiger partial charge in [-0.1, -0.05) is 54.6 Å². The van der Waals surface area contributed by atoms with Gasteiger partial charge in [-0.25, -0.2) is 0 Å². The van der Waals surface area contributed by atoms with Gasteiger partial charge in [0.05, 0.1) is 12.3 Å². The molecule has 1 aliphatic rings. The lowest BCUT2D eigenvalue weighted by atomic mass is 10.1. The van der Waals surface area contributed by atoms with E-state index in [1.165, 1.54) is 21.7 Å². The summed E-state index contributed by atoms with van der Waals surface area (Å²) in [7, 11) is 2.13. The predicted molar refractivity (Wildman–Crippen MR) is 136 cm³/mol. The number of nitrogens with two attached hydrogens (primary N) is 1. The van der Waals surface area contributed by atoms with E-state index in [0.29, 0.717) is 0 Å². The van der Waals surface area contributed by atoms with E-state index >= 15 is 0 Å². The van der Waals surface area contributed by atoms with Crippen LogP contribution in [-0.4, -0.2) is 31.6 Å². The summed E-state index contributed by atoms with van der Waals surface area (Å²) in [6.07, 6.45) is 6.56. The third-order valence-electron chi connectivity index (χ3n) is 5.47. The van der Waals surface area contributed by atoms with Crippen molar-refractivity contribution in [1.82, 2.24) is 0 Å². The highest BCUT2D eigenvalue weighted by Crippen LogP contribution is 2.28. The predicted octanol–water partition coefficient (Wildman–Crippen LogP) is 5.95. The number of benzodiazepines with no additional fused rings is 1. The van der Waals surface area contributed by atoms with Crippen molar-refractivity contribution in [2.45, 2.75) is 17.7 Å². The summed E-state index contributed by atoms with van der Waals surface area (Å²) in [6.45, 7) is 1.72. The number of aryl methyl sites for hydroxylation is 1. The number of hydrogen-bond donors (Lipinski definition) is 1. The number of nitrogen functional groups attached to an aromatic ring is 1. The first-order valence-corrected chi connectivity index (χ1v) is 11.8. The number of nitrogens with zero attached hydrogens (tertiary/aromatic N) is 2. The molecule has 0 saturated carbocycles. The third kappa shape index (κ3) is 5.59. The van der Waals surface area contributed by atoms with E-state index in [1.54, 1.807) is 0 Å². The Morgan fingerprint density at radius 2 is 1.81 bits per heavy atom. The molecule has 0 unspecified atom stereocenters. The first kappa shape index (κ1) is 21.3. The van der Waals surface area contributed by atoms with Crippen LogP contribution >= 0.6 is 11.8 Å². The Morgan fingerprint density at radius 3 is 2.68 bits per heavy atom. The molecule has 4 rings (SSSR count). The van der Waals surface area contributed by atoms with E-state index in [0.717, 1.165) is 48.6 Å². The summed E-state index contributed by atoms with van der Waals surface area (Å²) in [6, 6.07) is 25.4. The van der Waals surface area contributed by atoms with Crippen LogP contribution in [0.3, 0.4) is 0 Å². The molecule has 3 aromatic rings. The largest absolute Gasteiger partial charge is 0.399 e. The van der Waals surface area contributed by atoms with Gasteiger partial charge in [-0.2, -0.15) is 0 Å². The second-order valence-electron chi connectivity index (χ2n) is 7.77. The molecule has 1 aliphatic heterocycles. The Morgan fingerprint density at radius 1 is 1.00 bits per heavy atom. The molecule has 158 valence electrons. The van der Waals surface area contributed by atoms with Gasteiger partial charge < -0.3 is 10.6 Å². The van der Waals surface area contributed by atoms with Crippen LogP contribution in [-0.2, 0) is 6.42 Å². The molecule has 0 aliphatic carbocycles. The highest BCUT2D eigenvalue weighted by atomic mass is 32.2. The summed E-state index contributed by atoms with van der Waals surface area (Å²) < 4.78 is 0. The lowest BCUT2D eigenvalue weighted by Crippen LogP contribution is -2.20. The fourth-order valence-electron chi connectivity index (χ4n) is 3.79. The lowest BCUT2D eigenvalue weighted by Gasteiger charge is -2.18. The van der Waals surface area contributed by atoms with Crippen molar-refractivity contribution in [3.05, 3.63) is 95.6 Å². The number of hydrogen-bond acceptors (Lipinski definition) is 4. The number of allylic oxidation sites excluding steroid dienone is 1. The molecular formula is C27H29N3S. The monoisotopic (exact) mass is 427 g/mol. The molecule has 4 heteroatoms. The fraction of sp³-hybridized carbons (Fsp3) is 0.222. The zero-order valence-corrected chi connectivity index (χ0v) is 18.8. The Kier molecular flexibility index (Phi) is 7.11. The maximum atomic E-state index is 6.11. The summed E-state index contributed by atoms with van der Waals surface area (Å²) in [4.78, 5) is 8.38. The van der Waals surface area contributed by atoms with Gasteiger partial charge in [0.2, 0.25) is 0 Å². The molecule has 0 atom stereocenters. The number of para-hydroxylation sites is 1. The molecular weight excluding hydrogens is 398 g/mol. The highest BCUT2D eigenvalue weighted by Gasteiger charge is 2.13. The Bertz CT molecular complexity index is 1070. The molecule has 31 heavy (non-hydrogen) atoms. The minimum Gasteiger partial charge on any atom is -0.399 e. The van der Waals surface area contributed by atoms with Crippen LogP contribution in [0, 0.1) is 0 Å². The molecule has 2 N–H and O–H groups in total. The van der Waals surface area contributed by atoms with Gasteiger partial charge in [0.1, 0.15) is 0 Å². The maximum absolute atomic E-state index is 6.11. The number of likely N-dealkylation sites (N-methyl/N-ethyl adjacent to an activating group) is 1. The molecule has 3 aromatic carbocycles. The van der Waals surface area contributed by atoms with Gasteiger partial charge in [0.25, 0.3) is 0 Å². The summed E-state index contributed by atoms with van der Waals surface area (Å²) in [5.41, 5.74) is 12.9. The third-order valence-corrected chi connectivity index (χ3v) is 6.65. The summed E-state index contributed by atoms with van der Waals surface area (Å²) in [5.74, 6) is 1.08. The normalized spacial score (nSPS) is 13.7. The molecule has 0 aromatic heterocycles. The topological polar surface area (TPSA) is 41.6 Å². The number of fused-ring (bicyclic) bond motifs is 1. The second kappa shape index (κ2) is 10.4. The number of rotatable bonds is 7. The van der Waals surface area contributed by atoms with Crippen LogP contribution in [0.25, 0.3) is 6.08 Å². The van der Waals surface area contributed by atoms with E-state index in [9.17, 15) is 0 Å². The highest BCUT2D eigenvalue weighted by molar-refractivity contribution is 7.99. The second-order valence-corrected chi connectivity index (χ2v) is 8.91. The van der Waals surface area contributed by atoms with Gasteiger partial charge in [-0.15, -0.1) is 11.8 Å². The molecule has 1 heterocycles. The van der Waals surface area contributed by atoms with Gasteiger partial charge in [0.15, 0.2) is 0 Å². The average Bonchev–Trinajstić information content (AvgIpc) is 2.96. The van der Waals surface area contributed by atoms with Crippen LogP contribution in [0.2, 0.25) is 0 Å². The van der Waals surface area contributed by atoms with Crippen LogP contribution < -0.4 is 10.6 Å². The minimum absolute atomic E-state index is 0.788. The first-order valence-electron chi connectivity index (χ1n) is 10.8. The van der Waals surface area contributed by atoms with Gasteiger partial charge in [-0.05, 0) is 60.1 Å². The number of aliphatic imine (C=N–C) groups is 1. The van der Waals surface area contributed by atoms with Crippen molar-refractivity contribution in [2.24, 2.45) is 4.99 Å². The maximum Gasteiger partial charge on any atom is 0.0668 e. The van der Waals surface area contributed by atoms with Crippen molar-refractivity contribution in [1.29, 1.82) is 0 Å². The molecule has 0 saturated heterocycles. The van der Waals surface area contributed by atoms with Crippen LogP contribution in [0.1, 0.15) is 23.1 Å². The van der Waals surface area contributed by atoms with E-state index in [1.807, 2.05) is 17.8 Å². The Balaban J connectivity index is 1.48. The zero-order valence-electron chi connectivity index (χ0n) is 18.0. The standard InChI is InChI=1S/C27H29N3S/c1-30-18-17-29-25(24-11-5-6-12-26(24)30)15-13-22-20-23(28)14-16-27(22)31-19-7-10-21-8-3-2-4-9-21/h2-6,8-9,11-16,20H,7,10,17-19,28H2,1H3. The van der Waals surface area contributed by atoms with Crippen LogP contribution in [0.5, 0.6) is 0 Å². The molecule has 0 amide bonds. The fourth-order valence-corrected chi connectivity index (χ4v) is 4.76. The van der Waals surface area contributed by atoms with Crippen molar-refractivity contribution >= 4 is 34.9 Å². The van der Waals surface area contributed by atoms with E-state index in [-0.39, 0.29) is 0 Å². The molecule has 0 radical (unpaired) electrons. The number of thioether (sulfide) groups is 1. The van der Waals surface area contributed by atoms with Crippen molar-refractivity contribution < 1.29 is 0 Å². The Labute approximate surface area is 189 Å². The van der Waals surface area contributed by atoms with Gasteiger partial charge >= 0.3 is 0 Å². The quantitative estimate of drug-likeness (QED) is 0.288. The van der Waals surface area contributed by atoms with Crippen LogP contribution in [0.4, 0.5) is 11.4 Å². The number of benzene rings is 3. The lowest BCUT2D eigenvalue weighted by molar-refractivity contribution is 0.897. The van der Waals surface area contributed by atoms with Crippen molar-refractivity contribution in [3.63, 3.8) is 0 Å². The molecule has 0 spiro atoms. The zero-order chi connectivity index (χ0) is 21.5. The smallest absolute Gasteiger partial charge is 0.0668 e. The SMILES string of the molecule is CN1CCN=C(C=Cc2cc(N)ccc2SCCCc2ccccc2)c2ccccc21. The van der Waals surface area contributed by atoms with E-state index in [4.69, 9.17) is 10.7 Å². The van der Waals surface area contributed by atoms with Gasteiger partial charge in [0, 0.05) is 35.4 Å². The van der Waals surface area contributed by atoms with Gasteiger partial charge in [-0.3, -0.25) is 4.99 Å². The van der Waals surface area contributed by atoms with Crippen molar-refractivity contribution in [2.75, 3.05) is 36.5 Å².